The molecule has 0 atom stereocenters. The van der Waals surface area contributed by atoms with Gasteiger partial charge in [0.25, 0.3) is 0 Å². The van der Waals surface area contributed by atoms with Crippen molar-refractivity contribution in [3.8, 4) is 0 Å². The topological polar surface area (TPSA) is 87.7 Å². The smallest absolute Gasteiger partial charge is 0.321 e. The first-order valence-electron chi connectivity index (χ1n) is 6.75. The monoisotopic (exact) mass is 313 g/mol. The maximum Gasteiger partial charge on any atom is 0.321 e. The van der Waals surface area contributed by atoms with E-state index in [2.05, 4.69) is 10.0 Å². The van der Waals surface area contributed by atoms with Gasteiger partial charge in [-0.05, 0) is 31.2 Å². The first kappa shape index (κ1) is 15.6. The normalized spacial score (nSPS) is 15.1. The molecule has 21 heavy (non-hydrogen) atoms. The first-order valence-corrected chi connectivity index (χ1v) is 8.41. The van der Waals surface area contributed by atoms with Crippen molar-refractivity contribution in [3.63, 3.8) is 0 Å². The third-order valence-electron chi connectivity index (χ3n) is 3.01. The van der Waals surface area contributed by atoms with Crippen molar-refractivity contribution in [1.82, 2.24) is 5.32 Å². The van der Waals surface area contributed by atoms with Crippen molar-refractivity contribution >= 4 is 27.4 Å². The van der Waals surface area contributed by atoms with Crippen LogP contribution < -0.4 is 14.9 Å². The van der Waals surface area contributed by atoms with Gasteiger partial charge in [-0.25, -0.2) is 13.2 Å². The number of ether oxygens (including phenoxy) is 1. The van der Waals surface area contributed by atoms with E-state index in [1.165, 1.54) is 0 Å². The molecule has 1 heterocycles. The van der Waals surface area contributed by atoms with Crippen LogP contribution in [0.2, 0.25) is 0 Å². The Morgan fingerprint density at radius 2 is 2.05 bits per heavy atom. The van der Waals surface area contributed by atoms with E-state index in [1.807, 2.05) is 6.92 Å². The van der Waals surface area contributed by atoms with Crippen molar-refractivity contribution in [2.24, 2.45) is 0 Å². The molecule has 0 bridgehead atoms. The van der Waals surface area contributed by atoms with Crippen molar-refractivity contribution in [2.75, 3.05) is 41.7 Å². The fourth-order valence-electron chi connectivity index (χ4n) is 1.97. The minimum Gasteiger partial charge on any atom is -0.381 e. The summed E-state index contributed by atoms with van der Waals surface area (Å²) in [6.45, 7) is 3.69. The molecule has 2 rings (SSSR count). The highest BCUT2D eigenvalue weighted by Crippen LogP contribution is 2.20. The van der Waals surface area contributed by atoms with Gasteiger partial charge in [0, 0.05) is 31.1 Å². The number of carbonyl (C=O) groups is 1. The first-order chi connectivity index (χ1) is 10.0. The molecule has 1 aliphatic heterocycles. The molecule has 0 spiro atoms. The zero-order valence-corrected chi connectivity index (χ0v) is 12.6. The summed E-state index contributed by atoms with van der Waals surface area (Å²) in [5.74, 6) is -0.0862. The lowest BCUT2D eigenvalue weighted by atomic mass is 10.2. The molecular formula is C13H19N3O4S. The highest BCUT2D eigenvalue weighted by atomic mass is 32.2. The van der Waals surface area contributed by atoms with Gasteiger partial charge in [-0.15, -0.1) is 0 Å². The molecular weight excluding hydrogens is 294 g/mol. The lowest BCUT2D eigenvalue weighted by molar-refractivity contribution is 0.163. The molecule has 116 valence electrons. The van der Waals surface area contributed by atoms with Gasteiger partial charge in [0.1, 0.15) is 0 Å². The van der Waals surface area contributed by atoms with Crippen LogP contribution in [-0.4, -0.2) is 46.5 Å². The maximum absolute atomic E-state index is 11.8. The van der Waals surface area contributed by atoms with Crippen LogP contribution in [0.1, 0.15) is 6.92 Å². The molecule has 0 unspecified atom stereocenters. The van der Waals surface area contributed by atoms with Crippen molar-refractivity contribution in [1.29, 1.82) is 0 Å². The predicted octanol–water partition coefficient (Wildman–Crippen LogP) is 0.994. The van der Waals surface area contributed by atoms with Crippen molar-refractivity contribution in [2.45, 2.75) is 6.92 Å². The number of hydrogen-bond donors (Lipinski definition) is 2. The van der Waals surface area contributed by atoms with Crippen LogP contribution in [0.3, 0.4) is 0 Å². The van der Waals surface area contributed by atoms with E-state index in [4.69, 9.17) is 4.74 Å². The van der Waals surface area contributed by atoms with E-state index >= 15 is 0 Å². The number of anilines is 2. The second-order valence-electron chi connectivity index (χ2n) is 4.55. The minimum atomic E-state index is -3.42. The molecule has 1 aliphatic rings. The highest BCUT2D eigenvalue weighted by Gasteiger charge is 2.21. The van der Waals surface area contributed by atoms with Gasteiger partial charge in [-0.2, -0.15) is 0 Å². The summed E-state index contributed by atoms with van der Waals surface area (Å²) in [5.41, 5.74) is 1.21. The number of carbonyl (C=O) groups excluding carboxylic acids is 1. The summed E-state index contributed by atoms with van der Waals surface area (Å²) in [4.78, 5) is 13.1. The quantitative estimate of drug-likeness (QED) is 0.735. The van der Waals surface area contributed by atoms with Gasteiger partial charge in [-0.3, -0.25) is 9.62 Å². The fourth-order valence-corrected chi connectivity index (χ4v) is 2.91. The molecule has 0 aromatic heterocycles. The van der Waals surface area contributed by atoms with Gasteiger partial charge in [0.2, 0.25) is 10.0 Å². The van der Waals surface area contributed by atoms with Crippen LogP contribution in [0.15, 0.2) is 24.3 Å². The lowest BCUT2D eigenvalue weighted by Crippen LogP contribution is -2.27. The molecule has 0 aliphatic carbocycles. The van der Waals surface area contributed by atoms with Crippen LogP contribution in [0, 0.1) is 0 Å². The minimum absolute atomic E-state index is 0.0862. The molecule has 7 nitrogen and oxygen atoms in total. The molecule has 1 aromatic carbocycles. The second kappa shape index (κ2) is 6.77. The SMILES string of the molecule is CCOCCS(=O)(=O)Nc1ccc(N2CCNC2=O)cc1. The zero-order valence-electron chi connectivity index (χ0n) is 11.8. The number of amides is 2. The van der Waals surface area contributed by atoms with Crippen molar-refractivity contribution < 1.29 is 17.9 Å². The van der Waals surface area contributed by atoms with Crippen LogP contribution in [-0.2, 0) is 14.8 Å². The van der Waals surface area contributed by atoms with Gasteiger partial charge >= 0.3 is 6.03 Å². The number of nitrogens with zero attached hydrogens (tertiary/aromatic N) is 1. The Balaban J connectivity index is 1.97. The Bertz CT molecular complexity index is 586. The molecule has 1 aromatic rings. The third-order valence-corrected chi connectivity index (χ3v) is 4.26. The lowest BCUT2D eigenvalue weighted by Gasteiger charge is -2.15. The largest absolute Gasteiger partial charge is 0.381 e. The standard InChI is InChI=1S/C13H19N3O4S/c1-2-20-9-10-21(18,19)15-11-3-5-12(6-4-11)16-8-7-14-13(16)17/h3-6,15H,2,7-10H2,1H3,(H,14,17). The van der Waals surface area contributed by atoms with E-state index < -0.39 is 10.0 Å². The Kier molecular flexibility index (Phi) is 5.03. The van der Waals surface area contributed by atoms with E-state index in [1.54, 1.807) is 29.2 Å². The Morgan fingerprint density at radius 1 is 1.33 bits per heavy atom. The number of urea groups is 1. The summed E-state index contributed by atoms with van der Waals surface area (Å²) in [6, 6.07) is 6.56. The Hall–Kier alpha value is -1.80. The summed E-state index contributed by atoms with van der Waals surface area (Å²) in [6.07, 6.45) is 0. The second-order valence-corrected chi connectivity index (χ2v) is 6.39. The van der Waals surface area contributed by atoms with Crippen molar-refractivity contribution in [3.05, 3.63) is 24.3 Å². The number of hydrogen-bond acceptors (Lipinski definition) is 4. The highest BCUT2D eigenvalue weighted by molar-refractivity contribution is 7.92. The third kappa shape index (κ3) is 4.33. The zero-order chi connectivity index (χ0) is 15.3. The van der Waals surface area contributed by atoms with E-state index in [0.29, 0.717) is 25.4 Å². The number of benzene rings is 1. The maximum atomic E-state index is 11.8. The number of nitrogens with one attached hydrogen (secondary N) is 2. The van der Waals surface area contributed by atoms with Gasteiger partial charge in [0.15, 0.2) is 0 Å². The predicted molar refractivity (Wildman–Crippen MR) is 81.1 cm³/mol. The molecule has 8 heteroatoms. The summed E-state index contributed by atoms with van der Waals surface area (Å²) >= 11 is 0. The van der Waals surface area contributed by atoms with E-state index in [9.17, 15) is 13.2 Å². The molecule has 0 saturated carbocycles. The van der Waals surface area contributed by atoms with E-state index in [-0.39, 0.29) is 18.4 Å². The average molecular weight is 313 g/mol. The Labute approximate surface area is 124 Å². The molecule has 2 amide bonds. The van der Waals surface area contributed by atoms with Crippen LogP contribution in [0.25, 0.3) is 0 Å². The van der Waals surface area contributed by atoms with Gasteiger partial charge in [0.05, 0.1) is 12.4 Å². The van der Waals surface area contributed by atoms with Crippen LogP contribution >= 0.6 is 0 Å². The fraction of sp³-hybridized carbons (Fsp3) is 0.462. The average Bonchev–Trinajstić information content (AvgIpc) is 2.86. The molecule has 1 fully saturated rings. The number of rotatable bonds is 7. The summed E-state index contributed by atoms with van der Waals surface area (Å²) in [5, 5.41) is 2.71. The number of sulfonamides is 1. The van der Waals surface area contributed by atoms with Crippen LogP contribution in [0.5, 0.6) is 0 Å². The Morgan fingerprint density at radius 3 is 2.62 bits per heavy atom. The van der Waals surface area contributed by atoms with Gasteiger partial charge < -0.3 is 10.1 Å². The molecule has 1 saturated heterocycles. The van der Waals surface area contributed by atoms with Crippen LogP contribution in [0.4, 0.5) is 16.2 Å². The summed E-state index contributed by atoms with van der Waals surface area (Å²) < 4.78 is 31.1. The van der Waals surface area contributed by atoms with E-state index in [0.717, 1.165) is 5.69 Å². The molecule has 2 N–H and O–H groups in total. The summed E-state index contributed by atoms with van der Waals surface area (Å²) in [7, 11) is -3.42. The van der Waals surface area contributed by atoms with Gasteiger partial charge in [-0.1, -0.05) is 0 Å². The molecule has 0 radical (unpaired) electrons.